The lowest BCUT2D eigenvalue weighted by Gasteiger charge is -2.20. The summed E-state index contributed by atoms with van der Waals surface area (Å²) in [4.78, 5) is 22.8. The number of carbonyl (C=O) groups is 2. The lowest BCUT2D eigenvalue weighted by Crippen LogP contribution is -2.41. The van der Waals surface area contributed by atoms with Gasteiger partial charge in [-0.3, -0.25) is 4.79 Å². The highest BCUT2D eigenvalue weighted by atomic mass is 16.4. The average Bonchev–Trinajstić information content (AvgIpc) is 2.24. The Balaban J connectivity index is 2.77. The molecule has 0 heterocycles. The van der Waals surface area contributed by atoms with Crippen LogP contribution in [0.25, 0.3) is 0 Å². The van der Waals surface area contributed by atoms with Crippen LogP contribution in [-0.2, 0) is 9.59 Å². The standard InChI is InChI=1S/C13H18N2O3/c1-13(2,14)8-10(16)15-11(12(17)18)9-6-4-3-5-7-9/h3-7,11H,8,14H2,1-2H3,(H,15,16)(H,17,18)/t11-/m0/s1. The number of benzene rings is 1. The fourth-order valence-corrected chi connectivity index (χ4v) is 1.56. The van der Waals surface area contributed by atoms with Crippen LogP contribution < -0.4 is 11.1 Å². The number of carboxylic acids is 1. The molecule has 1 aromatic rings. The van der Waals surface area contributed by atoms with Gasteiger partial charge in [-0.2, -0.15) is 0 Å². The van der Waals surface area contributed by atoms with E-state index in [0.717, 1.165) is 0 Å². The van der Waals surface area contributed by atoms with Gasteiger partial charge in [0.2, 0.25) is 5.91 Å². The van der Waals surface area contributed by atoms with E-state index >= 15 is 0 Å². The first-order chi connectivity index (χ1) is 8.29. The van der Waals surface area contributed by atoms with Crippen molar-refractivity contribution in [2.75, 3.05) is 0 Å². The van der Waals surface area contributed by atoms with Crippen LogP contribution in [0.4, 0.5) is 0 Å². The second-order valence-electron chi connectivity index (χ2n) is 4.91. The smallest absolute Gasteiger partial charge is 0.330 e. The predicted octanol–water partition coefficient (Wildman–Crippen LogP) is 1.06. The molecular formula is C13H18N2O3. The molecule has 0 aliphatic heterocycles. The van der Waals surface area contributed by atoms with E-state index in [0.29, 0.717) is 5.56 Å². The number of rotatable bonds is 5. The fourth-order valence-electron chi connectivity index (χ4n) is 1.56. The average molecular weight is 250 g/mol. The number of nitrogens with two attached hydrogens (primary N) is 1. The summed E-state index contributed by atoms with van der Waals surface area (Å²) in [5, 5.41) is 11.6. The molecule has 0 aromatic heterocycles. The van der Waals surface area contributed by atoms with E-state index in [2.05, 4.69) is 5.32 Å². The predicted molar refractivity (Wildman–Crippen MR) is 67.8 cm³/mol. The summed E-state index contributed by atoms with van der Waals surface area (Å²) in [5.41, 5.74) is 5.59. The quantitative estimate of drug-likeness (QED) is 0.728. The van der Waals surface area contributed by atoms with E-state index in [-0.39, 0.29) is 12.3 Å². The number of carbonyl (C=O) groups excluding carboxylic acids is 1. The molecule has 98 valence electrons. The van der Waals surface area contributed by atoms with Gasteiger partial charge in [0, 0.05) is 12.0 Å². The minimum absolute atomic E-state index is 0.0730. The van der Waals surface area contributed by atoms with Crippen LogP contribution in [0.3, 0.4) is 0 Å². The second-order valence-corrected chi connectivity index (χ2v) is 4.91. The zero-order valence-electron chi connectivity index (χ0n) is 10.5. The third kappa shape index (κ3) is 4.55. The van der Waals surface area contributed by atoms with E-state index in [4.69, 9.17) is 10.8 Å². The molecule has 4 N–H and O–H groups in total. The van der Waals surface area contributed by atoms with Crippen LogP contribution in [0.2, 0.25) is 0 Å². The van der Waals surface area contributed by atoms with Gasteiger partial charge in [0.25, 0.3) is 0 Å². The highest BCUT2D eigenvalue weighted by Gasteiger charge is 2.24. The summed E-state index contributed by atoms with van der Waals surface area (Å²) in [6.07, 6.45) is 0.0730. The van der Waals surface area contributed by atoms with Crippen LogP contribution in [0.15, 0.2) is 30.3 Å². The molecule has 1 aromatic carbocycles. The van der Waals surface area contributed by atoms with Crippen molar-refractivity contribution in [1.29, 1.82) is 0 Å². The molecule has 5 nitrogen and oxygen atoms in total. The van der Waals surface area contributed by atoms with Crippen molar-refractivity contribution in [2.24, 2.45) is 5.73 Å². The number of hydrogen-bond donors (Lipinski definition) is 3. The number of amides is 1. The largest absolute Gasteiger partial charge is 0.479 e. The lowest BCUT2D eigenvalue weighted by molar-refractivity contribution is -0.142. The summed E-state index contributed by atoms with van der Waals surface area (Å²) in [5.74, 6) is -1.47. The van der Waals surface area contributed by atoms with Gasteiger partial charge in [-0.05, 0) is 19.4 Å². The zero-order chi connectivity index (χ0) is 13.8. The van der Waals surface area contributed by atoms with Crippen LogP contribution in [0.1, 0.15) is 31.9 Å². The third-order valence-corrected chi connectivity index (χ3v) is 2.30. The Morgan fingerprint density at radius 2 is 1.89 bits per heavy atom. The van der Waals surface area contributed by atoms with Gasteiger partial charge >= 0.3 is 5.97 Å². The summed E-state index contributed by atoms with van der Waals surface area (Å²) in [6.45, 7) is 3.43. The molecule has 0 fully saturated rings. The van der Waals surface area contributed by atoms with Gasteiger partial charge in [-0.15, -0.1) is 0 Å². The molecule has 0 aliphatic rings. The van der Waals surface area contributed by atoms with Crippen molar-refractivity contribution in [1.82, 2.24) is 5.32 Å². The van der Waals surface area contributed by atoms with Crippen molar-refractivity contribution >= 4 is 11.9 Å². The van der Waals surface area contributed by atoms with E-state index in [9.17, 15) is 9.59 Å². The van der Waals surface area contributed by atoms with Crippen molar-refractivity contribution in [2.45, 2.75) is 31.8 Å². The first-order valence-corrected chi connectivity index (χ1v) is 5.65. The van der Waals surface area contributed by atoms with Gasteiger partial charge in [0.05, 0.1) is 0 Å². The Kier molecular flexibility index (Phi) is 4.44. The maximum absolute atomic E-state index is 11.7. The molecule has 0 bridgehead atoms. The Bertz CT molecular complexity index is 424. The first kappa shape index (κ1) is 14.2. The number of hydrogen-bond acceptors (Lipinski definition) is 3. The van der Waals surface area contributed by atoms with Gasteiger partial charge < -0.3 is 16.2 Å². The minimum Gasteiger partial charge on any atom is -0.479 e. The molecule has 0 spiro atoms. The maximum Gasteiger partial charge on any atom is 0.330 e. The maximum atomic E-state index is 11.7. The van der Waals surface area contributed by atoms with Gasteiger partial charge in [0.1, 0.15) is 0 Å². The van der Waals surface area contributed by atoms with Gasteiger partial charge in [0.15, 0.2) is 6.04 Å². The van der Waals surface area contributed by atoms with Gasteiger partial charge in [-0.1, -0.05) is 30.3 Å². The van der Waals surface area contributed by atoms with Crippen LogP contribution in [-0.4, -0.2) is 22.5 Å². The Morgan fingerprint density at radius 1 is 1.33 bits per heavy atom. The van der Waals surface area contributed by atoms with Crippen LogP contribution in [0, 0.1) is 0 Å². The first-order valence-electron chi connectivity index (χ1n) is 5.65. The summed E-state index contributed by atoms with van der Waals surface area (Å²) >= 11 is 0. The minimum atomic E-state index is -1.09. The van der Waals surface area contributed by atoms with Crippen LogP contribution >= 0.6 is 0 Å². The summed E-state index contributed by atoms with van der Waals surface area (Å²) in [6, 6.07) is 7.52. The fraction of sp³-hybridized carbons (Fsp3) is 0.385. The number of aliphatic carboxylic acids is 1. The van der Waals surface area contributed by atoms with Crippen molar-refractivity contribution in [3.63, 3.8) is 0 Å². The van der Waals surface area contributed by atoms with Crippen molar-refractivity contribution < 1.29 is 14.7 Å². The third-order valence-electron chi connectivity index (χ3n) is 2.30. The van der Waals surface area contributed by atoms with E-state index in [1.54, 1.807) is 44.2 Å². The molecule has 0 radical (unpaired) electrons. The molecule has 1 rings (SSSR count). The topological polar surface area (TPSA) is 92.4 Å². The van der Waals surface area contributed by atoms with E-state index in [1.807, 2.05) is 0 Å². The van der Waals surface area contributed by atoms with E-state index < -0.39 is 17.6 Å². The number of carboxylic acid groups (broad SMARTS) is 1. The number of nitrogens with one attached hydrogen (secondary N) is 1. The molecular weight excluding hydrogens is 232 g/mol. The molecule has 1 amide bonds. The zero-order valence-corrected chi connectivity index (χ0v) is 10.5. The monoisotopic (exact) mass is 250 g/mol. The molecule has 0 unspecified atom stereocenters. The van der Waals surface area contributed by atoms with Crippen molar-refractivity contribution in [3.05, 3.63) is 35.9 Å². The molecule has 0 saturated heterocycles. The molecule has 5 heteroatoms. The summed E-state index contributed by atoms with van der Waals surface area (Å²) in [7, 11) is 0. The molecule has 1 atom stereocenters. The highest BCUT2D eigenvalue weighted by Crippen LogP contribution is 2.14. The second kappa shape index (κ2) is 5.64. The molecule has 0 aliphatic carbocycles. The molecule has 0 saturated carbocycles. The Labute approximate surface area is 106 Å². The van der Waals surface area contributed by atoms with Crippen molar-refractivity contribution in [3.8, 4) is 0 Å². The highest BCUT2D eigenvalue weighted by molar-refractivity contribution is 5.85. The molecule has 18 heavy (non-hydrogen) atoms. The Hall–Kier alpha value is -1.88. The van der Waals surface area contributed by atoms with E-state index in [1.165, 1.54) is 0 Å². The summed E-state index contributed by atoms with van der Waals surface area (Å²) < 4.78 is 0. The van der Waals surface area contributed by atoms with Gasteiger partial charge in [-0.25, -0.2) is 4.79 Å². The van der Waals surface area contributed by atoms with Crippen LogP contribution in [0.5, 0.6) is 0 Å². The lowest BCUT2D eigenvalue weighted by atomic mass is 10.0. The Morgan fingerprint density at radius 3 is 2.33 bits per heavy atom. The SMILES string of the molecule is CC(C)(N)CC(=O)N[C@H](C(=O)O)c1ccccc1. The normalized spacial score (nSPS) is 12.8.